The zero-order valence-electron chi connectivity index (χ0n) is 9.94. The third-order valence-corrected chi connectivity index (χ3v) is 3.22. The minimum absolute atomic E-state index is 0.0802. The molecule has 4 N–H and O–H groups in total. The first-order valence-electron chi connectivity index (χ1n) is 5.92. The predicted molar refractivity (Wildman–Crippen MR) is 65.9 cm³/mol. The molecule has 4 nitrogen and oxygen atoms in total. The Morgan fingerprint density at radius 1 is 1.59 bits per heavy atom. The molecule has 4 heteroatoms. The maximum absolute atomic E-state index is 12.0. The summed E-state index contributed by atoms with van der Waals surface area (Å²) in [5.74, 6) is 0.636. The predicted octanol–water partition coefficient (Wildman–Crippen LogP) is 1.17. The molecule has 2 rings (SSSR count). The normalized spacial score (nSPS) is 16.6. The van der Waals surface area contributed by atoms with E-state index in [-0.39, 0.29) is 17.7 Å². The average Bonchev–Trinajstić information content (AvgIpc) is 3.13. The molecule has 1 unspecified atom stereocenters. The summed E-state index contributed by atoms with van der Waals surface area (Å²) in [6, 6.07) is 4.93. The van der Waals surface area contributed by atoms with Gasteiger partial charge in [0.25, 0.3) is 5.91 Å². The van der Waals surface area contributed by atoms with Crippen molar-refractivity contribution in [1.29, 1.82) is 0 Å². The van der Waals surface area contributed by atoms with Crippen LogP contribution in [-0.2, 0) is 0 Å². The van der Waals surface area contributed by atoms with Crippen LogP contribution in [0.5, 0.6) is 5.75 Å². The van der Waals surface area contributed by atoms with Gasteiger partial charge in [-0.3, -0.25) is 4.79 Å². The lowest BCUT2D eigenvalue weighted by molar-refractivity contribution is 0.0933. The standard InChI is InChI=1S/C13H18N2O2/c1-8-6-10(4-5-12(8)16)13(17)15-11(7-14)9-2-3-9/h4-6,9,11,16H,2-3,7,14H2,1H3,(H,15,17). The van der Waals surface area contributed by atoms with Crippen LogP contribution >= 0.6 is 0 Å². The maximum atomic E-state index is 12.0. The highest BCUT2D eigenvalue weighted by atomic mass is 16.3. The third-order valence-electron chi connectivity index (χ3n) is 3.22. The zero-order valence-corrected chi connectivity index (χ0v) is 9.94. The molecule has 1 atom stereocenters. The number of phenols is 1. The Kier molecular flexibility index (Phi) is 3.33. The summed E-state index contributed by atoms with van der Waals surface area (Å²) in [4.78, 5) is 12.0. The molecule has 17 heavy (non-hydrogen) atoms. The monoisotopic (exact) mass is 234 g/mol. The van der Waals surface area contributed by atoms with Crippen LogP contribution in [-0.4, -0.2) is 23.6 Å². The second-order valence-corrected chi connectivity index (χ2v) is 4.65. The van der Waals surface area contributed by atoms with Crippen molar-refractivity contribution in [3.05, 3.63) is 29.3 Å². The quantitative estimate of drug-likeness (QED) is 0.732. The fourth-order valence-electron chi connectivity index (χ4n) is 1.92. The number of hydrogen-bond donors (Lipinski definition) is 3. The van der Waals surface area contributed by atoms with Gasteiger partial charge in [0.05, 0.1) is 0 Å². The molecule has 92 valence electrons. The second-order valence-electron chi connectivity index (χ2n) is 4.65. The van der Waals surface area contributed by atoms with Gasteiger partial charge >= 0.3 is 0 Å². The van der Waals surface area contributed by atoms with Crippen molar-refractivity contribution in [3.63, 3.8) is 0 Å². The Morgan fingerprint density at radius 2 is 2.29 bits per heavy atom. The van der Waals surface area contributed by atoms with E-state index in [0.29, 0.717) is 23.6 Å². The van der Waals surface area contributed by atoms with Gasteiger partial charge in [-0.05, 0) is 49.4 Å². The molecule has 0 radical (unpaired) electrons. The van der Waals surface area contributed by atoms with Crippen LogP contribution in [0.2, 0.25) is 0 Å². The minimum atomic E-state index is -0.115. The van der Waals surface area contributed by atoms with Crippen LogP contribution in [0, 0.1) is 12.8 Å². The molecule has 0 bridgehead atoms. The van der Waals surface area contributed by atoms with Crippen molar-refractivity contribution >= 4 is 5.91 Å². The lowest BCUT2D eigenvalue weighted by Gasteiger charge is -2.16. The van der Waals surface area contributed by atoms with Gasteiger partial charge in [-0.1, -0.05) is 0 Å². The van der Waals surface area contributed by atoms with E-state index in [1.54, 1.807) is 25.1 Å². The fourth-order valence-corrected chi connectivity index (χ4v) is 1.92. The van der Waals surface area contributed by atoms with Crippen LogP contribution in [0.1, 0.15) is 28.8 Å². The molecule has 0 saturated heterocycles. The van der Waals surface area contributed by atoms with E-state index in [4.69, 9.17) is 5.73 Å². The number of phenolic OH excluding ortho intramolecular Hbond substituents is 1. The van der Waals surface area contributed by atoms with Crippen molar-refractivity contribution in [2.75, 3.05) is 6.54 Å². The highest BCUT2D eigenvalue weighted by Crippen LogP contribution is 2.32. The van der Waals surface area contributed by atoms with Gasteiger partial charge in [0.15, 0.2) is 0 Å². The van der Waals surface area contributed by atoms with Crippen molar-refractivity contribution in [2.45, 2.75) is 25.8 Å². The Balaban J connectivity index is 2.05. The van der Waals surface area contributed by atoms with Crippen molar-refractivity contribution in [2.24, 2.45) is 11.7 Å². The van der Waals surface area contributed by atoms with Crippen molar-refractivity contribution in [1.82, 2.24) is 5.32 Å². The number of nitrogens with two attached hydrogens (primary N) is 1. The van der Waals surface area contributed by atoms with E-state index in [9.17, 15) is 9.90 Å². The number of carbonyl (C=O) groups is 1. The van der Waals surface area contributed by atoms with Gasteiger partial charge in [-0.15, -0.1) is 0 Å². The first kappa shape index (κ1) is 11.9. The smallest absolute Gasteiger partial charge is 0.251 e. The molecule has 1 aliphatic rings. The number of hydrogen-bond acceptors (Lipinski definition) is 3. The van der Waals surface area contributed by atoms with Crippen LogP contribution < -0.4 is 11.1 Å². The van der Waals surface area contributed by atoms with E-state index in [0.717, 1.165) is 12.8 Å². The maximum Gasteiger partial charge on any atom is 0.251 e. The Morgan fingerprint density at radius 3 is 2.82 bits per heavy atom. The van der Waals surface area contributed by atoms with Gasteiger partial charge in [0.2, 0.25) is 0 Å². The van der Waals surface area contributed by atoms with Crippen molar-refractivity contribution < 1.29 is 9.90 Å². The molecule has 1 amide bonds. The summed E-state index contributed by atoms with van der Waals surface area (Å²) in [7, 11) is 0. The molecule has 0 aromatic heterocycles. The van der Waals surface area contributed by atoms with Crippen LogP contribution in [0.25, 0.3) is 0 Å². The first-order chi connectivity index (χ1) is 8.11. The minimum Gasteiger partial charge on any atom is -0.508 e. The largest absolute Gasteiger partial charge is 0.508 e. The third kappa shape index (κ3) is 2.77. The van der Waals surface area contributed by atoms with Crippen LogP contribution in [0.4, 0.5) is 0 Å². The van der Waals surface area contributed by atoms with E-state index >= 15 is 0 Å². The summed E-state index contributed by atoms with van der Waals surface area (Å²) >= 11 is 0. The summed E-state index contributed by atoms with van der Waals surface area (Å²) in [5.41, 5.74) is 6.91. The molecule has 1 saturated carbocycles. The molecule has 1 fully saturated rings. The number of aryl methyl sites for hydroxylation is 1. The number of benzene rings is 1. The van der Waals surface area contributed by atoms with Gasteiger partial charge < -0.3 is 16.2 Å². The summed E-state index contributed by atoms with van der Waals surface area (Å²) in [5, 5.41) is 12.3. The average molecular weight is 234 g/mol. The molecule has 0 aliphatic heterocycles. The molecule has 0 spiro atoms. The topological polar surface area (TPSA) is 75.4 Å². The Hall–Kier alpha value is -1.55. The molecule has 1 aromatic rings. The van der Waals surface area contributed by atoms with Gasteiger partial charge in [0, 0.05) is 18.2 Å². The number of aromatic hydroxyl groups is 1. The number of rotatable bonds is 4. The Labute approximate surface area is 101 Å². The highest BCUT2D eigenvalue weighted by molar-refractivity contribution is 5.94. The summed E-state index contributed by atoms with van der Waals surface area (Å²) in [6.45, 7) is 2.25. The summed E-state index contributed by atoms with van der Waals surface area (Å²) < 4.78 is 0. The number of amides is 1. The van der Waals surface area contributed by atoms with E-state index < -0.39 is 0 Å². The number of carbonyl (C=O) groups excluding carboxylic acids is 1. The second kappa shape index (κ2) is 4.75. The fraction of sp³-hybridized carbons (Fsp3) is 0.462. The van der Waals surface area contributed by atoms with Crippen LogP contribution in [0.3, 0.4) is 0 Å². The molecular formula is C13H18N2O2. The Bertz CT molecular complexity index is 427. The molecule has 1 aliphatic carbocycles. The number of nitrogens with one attached hydrogen (secondary N) is 1. The van der Waals surface area contributed by atoms with E-state index in [1.807, 2.05) is 0 Å². The molecule has 0 heterocycles. The van der Waals surface area contributed by atoms with Gasteiger partial charge in [-0.2, -0.15) is 0 Å². The van der Waals surface area contributed by atoms with E-state index in [2.05, 4.69) is 5.32 Å². The summed E-state index contributed by atoms with van der Waals surface area (Å²) in [6.07, 6.45) is 2.30. The molecule has 1 aromatic carbocycles. The van der Waals surface area contributed by atoms with Crippen LogP contribution in [0.15, 0.2) is 18.2 Å². The van der Waals surface area contributed by atoms with E-state index in [1.165, 1.54) is 0 Å². The SMILES string of the molecule is Cc1cc(C(=O)NC(CN)C2CC2)ccc1O. The first-order valence-corrected chi connectivity index (χ1v) is 5.92. The van der Waals surface area contributed by atoms with Gasteiger partial charge in [-0.25, -0.2) is 0 Å². The lowest BCUT2D eigenvalue weighted by Crippen LogP contribution is -2.41. The van der Waals surface area contributed by atoms with Crippen molar-refractivity contribution in [3.8, 4) is 5.75 Å². The zero-order chi connectivity index (χ0) is 12.4. The van der Waals surface area contributed by atoms with Gasteiger partial charge in [0.1, 0.15) is 5.75 Å². The lowest BCUT2D eigenvalue weighted by atomic mass is 10.1. The molecular weight excluding hydrogens is 216 g/mol. The highest BCUT2D eigenvalue weighted by Gasteiger charge is 2.31.